The molecule has 0 radical (unpaired) electrons. The molecule has 0 spiro atoms. The largest absolute Gasteiger partial charge is 0.508 e. The van der Waals surface area contributed by atoms with Crippen molar-refractivity contribution in [2.45, 2.75) is 70.6 Å². The van der Waals surface area contributed by atoms with E-state index in [0.717, 1.165) is 0 Å². The second-order valence-corrected chi connectivity index (χ2v) is 8.41. The van der Waals surface area contributed by atoms with Gasteiger partial charge in [-0.05, 0) is 37.0 Å². The summed E-state index contributed by atoms with van der Waals surface area (Å²) in [7, 11) is 0. The molecule has 12 heteroatoms. The summed E-state index contributed by atoms with van der Waals surface area (Å²) in [6.45, 7) is 4.90. The van der Waals surface area contributed by atoms with Crippen LogP contribution in [0.3, 0.4) is 0 Å². The number of hydrogen-bond donors (Lipinski definition) is 7. The Hall–Kier alpha value is -3.67. The van der Waals surface area contributed by atoms with Crippen LogP contribution in [-0.4, -0.2) is 69.1 Å². The summed E-state index contributed by atoms with van der Waals surface area (Å²) in [5.41, 5.74) is 6.29. The summed E-state index contributed by atoms with van der Waals surface area (Å²) in [5, 5.41) is 34.9. The minimum Gasteiger partial charge on any atom is -0.508 e. The number of amides is 3. The van der Waals surface area contributed by atoms with E-state index in [1.165, 1.54) is 31.2 Å². The lowest BCUT2D eigenvalue weighted by Gasteiger charge is -2.27. The SMILES string of the molecule is CCC(C)C(NC(=O)C(N)CCC(=O)O)C(=O)NC(C)C(=O)NC(Cc1ccc(O)cc1)C(=O)O. The van der Waals surface area contributed by atoms with Gasteiger partial charge in [0.2, 0.25) is 17.7 Å². The molecular weight excluding hydrogens is 460 g/mol. The van der Waals surface area contributed by atoms with Crippen LogP contribution in [0, 0.1) is 5.92 Å². The summed E-state index contributed by atoms with van der Waals surface area (Å²) in [5.74, 6) is -4.78. The van der Waals surface area contributed by atoms with Crippen LogP contribution in [0.5, 0.6) is 5.75 Å². The maximum atomic E-state index is 12.8. The number of hydrogen-bond acceptors (Lipinski definition) is 7. The van der Waals surface area contributed by atoms with Crippen LogP contribution < -0.4 is 21.7 Å². The molecule has 8 N–H and O–H groups in total. The Morgan fingerprint density at radius 2 is 1.51 bits per heavy atom. The first-order chi connectivity index (χ1) is 16.3. The highest BCUT2D eigenvalue weighted by molar-refractivity contribution is 5.94. The molecule has 1 aromatic carbocycles. The van der Waals surface area contributed by atoms with Crippen molar-refractivity contribution in [3.63, 3.8) is 0 Å². The number of carboxylic acids is 2. The molecule has 5 unspecified atom stereocenters. The van der Waals surface area contributed by atoms with Crippen molar-refractivity contribution in [3.8, 4) is 5.75 Å². The van der Waals surface area contributed by atoms with Crippen LogP contribution in [0.2, 0.25) is 0 Å². The van der Waals surface area contributed by atoms with Crippen LogP contribution in [-0.2, 0) is 30.4 Å². The third kappa shape index (κ3) is 10.0. The number of nitrogens with one attached hydrogen (secondary N) is 3. The van der Waals surface area contributed by atoms with E-state index in [-0.39, 0.29) is 30.9 Å². The molecule has 0 saturated heterocycles. The van der Waals surface area contributed by atoms with Gasteiger partial charge in [0.05, 0.1) is 6.04 Å². The Morgan fingerprint density at radius 1 is 0.914 bits per heavy atom. The molecule has 0 heterocycles. The average Bonchev–Trinajstić information content (AvgIpc) is 2.80. The van der Waals surface area contributed by atoms with Crippen molar-refractivity contribution >= 4 is 29.7 Å². The Bertz CT molecular complexity index is 905. The number of phenols is 1. The highest BCUT2D eigenvalue weighted by atomic mass is 16.4. The van der Waals surface area contributed by atoms with E-state index in [1.54, 1.807) is 13.8 Å². The number of aliphatic carboxylic acids is 2. The van der Waals surface area contributed by atoms with Gasteiger partial charge in [0.15, 0.2) is 0 Å². The number of phenolic OH excluding ortho intramolecular Hbond substituents is 1. The van der Waals surface area contributed by atoms with Gasteiger partial charge in [-0.15, -0.1) is 0 Å². The monoisotopic (exact) mass is 494 g/mol. The van der Waals surface area contributed by atoms with Crippen LogP contribution >= 0.6 is 0 Å². The van der Waals surface area contributed by atoms with E-state index >= 15 is 0 Å². The van der Waals surface area contributed by atoms with Gasteiger partial charge in [0.1, 0.15) is 23.9 Å². The van der Waals surface area contributed by atoms with Crippen LogP contribution in [0.25, 0.3) is 0 Å². The number of rotatable bonds is 14. The molecule has 0 aliphatic heterocycles. The summed E-state index contributed by atoms with van der Waals surface area (Å²) in [6, 6.07) is 1.31. The second kappa shape index (κ2) is 13.9. The van der Waals surface area contributed by atoms with Crippen molar-refractivity contribution in [1.82, 2.24) is 16.0 Å². The number of benzene rings is 1. The van der Waals surface area contributed by atoms with Crippen molar-refractivity contribution in [2.75, 3.05) is 0 Å². The number of carboxylic acid groups (broad SMARTS) is 2. The third-order valence-electron chi connectivity index (χ3n) is 5.54. The normalized spacial score (nSPS) is 15.1. The lowest BCUT2D eigenvalue weighted by atomic mass is 9.97. The Morgan fingerprint density at radius 3 is 2.03 bits per heavy atom. The predicted octanol–water partition coefficient (Wildman–Crippen LogP) is -0.268. The van der Waals surface area contributed by atoms with Gasteiger partial charge in [-0.3, -0.25) is 19.2 Å². The van der Waals surface area contributed by atoms with E-state index in [2.05, 4.69) is 16.0 Å². The molecule has 12 nitrogen and oxygen atoms in total. The van der Waals surface area contributed by atoms with Crippen molar-refractivity contribution in [1.29, 1.82) is 0 Å². The lowest BCUT2D eigenvalue weighted by Crippen LogP contribution is -2.58. The van der Waals surface area contributed by atoms with Gasteiger partial charge >= 0.3 is 11.9 Å². The molecule has 1 aromatic rings. The molecule has 1 rings (SSSR count). The highest BCUT2D eigenvalue weighted by Crippen LogP contribution is 2.12. The van der Waals surface area contributed by atoms with E-state index < -0.39 is 53.8 Å². The first-order valence-corrected chi connectivity index (χ1v) is 11.2. The fourth-order valence-electron chi connectivity index (χ4n) is 3.11. The van der Waals surface area contributed by atoms with E-state index in [9.17, 15) is 34.2 Å². The minimum absolute atomic E-state index is 0.0202. The molecule has 5 atom stereocenters. The van der Waals surface area contributed by atoms with Gasteiger partial charge in [0, 0.05) is 12.8 Å². The summed E-state index contributed by atoms with van der Waals surface area (Å²) in [6.07, 6.45) is 0.0616. The fraction of sp³-hybridized carbons (Fsp3) is 0.522. The quantitative estimate of drug-likeness (QED) is 0.181. The lowest BCUT2D eigenvalue weighted by molar-refractivity contribution is -0.142. The van der Waals surface area contributed by atoms with E-state index in [1.807, 2.05) is 0 Å². The zero-order valence-corrected chi connectivity index (χ0v) is 20.0. The van der Waals surface area contributed by atoms with Crippen molar-refractivity contribution < 1.29 is 39.3 Å². The molecule has 0 aromatic heterocycles. The maximum Gasteiger partial charge on any atom is 0.326 e. The minimum atomic E-state index is -1.27. The van der Waals surface area contributed by atoms with Crippen LogP contribution in [0.1, 0.15) is 45.6 Å². The van der Waals surface area contributed by atoms with Crippen LogP contribution in [0.15, 0.2) is 24.3 Å². The molecule has 0 saturated carbocycles. The summed E-state index contributed by atoms with van der Waals surface area (Å²) < 4.78 is 0. The zero-order chi connectivity index (χ0) is 26.7. The summed E-state index contributed by atoms with van der Waals surface area (Å²) in [4.78, 5) is 60.1. The van der Waals surface area contributed by atoms with E-state index in [0.29, 0.717) is 12.0 Å². The van der Waals surface area contributed by atoms with Gasteiger partial charge in [-0.2, -0.15) is 0 Å². The topological polar surface area (TPSA) is 208 Å². The third-order valence-corrected chi connectivity index (χ3v) is 5.54. The molecule has 194 valence electrons. The standard InChI is InChI=1S/C23H34N4O8/c1-4-12(2)19(27-21(32)16(24)9-10-18(29)30)22(33)25-13(3)20(31)26-17(23(34)35)11-14-5-7-15(28)8-6-14/h5-8,12-13,16-17,19,28H,4,9-11,24H2,1-3H3,(H,25,33)(H,26,31)(H,27,32)(H,29,30)(H,34,35). The maximum absolute atomic E-state index is 12.8. The molecule has 0 bridgehead atoms. The predicted molar refractivity (Wildman–Crippen MR) is 125 cm³/mol. The number of aromatic hydroxyl groups is 1. The summed E-state index contributed by atoms with van der Waals surface area (Å²) >= 11 is 0. The molecule has 0 fully saturated rings. The number of carbonyl (C=O) groups is 5. The Labute approximate surface area is 203 Å². The van der Waals surface area contributed by atoms with Gasteiger partial charge in [-0.25, -0.2) is 4.79 Å². The Balaban J connectivity index is 2.80. The number of nitrogens with two attached hydrogens (primary N) is 1. The first-order valence-electron chi connectivity index (χ1n) is 11.2. The first kappa shape index (κ1) is 29.4. The molecule has 35 heavy (non-hydrogen) atoms. The zero-order valence-electron chi connectivity index (χ0n) is 20.0. The van der Waals surface area contributed by atoms with Crippen LogP contribution in [0.4, 0.5) is 0 Å². The van der Waals surface area contributed by atoms with E-state index in [4.69, 9.17) is 10.8 Å². The van der Waals surface area contributed by atoms with Gasteiger partial charge < -0.3 is 37.0 Å². The van der Waals surface area contributed by atoms with Gasteiger partial charge in [-0.1, -0.05) is 32.4 Å². The molecule has 0 aliphatic rings. The molecular formula is C23H34N4O8. The van der Waals surface area contributed by atoms with Gasteiger partial charge in [0.25, 0.3) is 0 Å². The van der Waals surface area contributed by atoms with Crippen molar-refractivity contribution in [3.05, 3.63) is 29.8 Å². The molecule has 0 aliphatic carbocycles. The second-order valence-electron chi connectivity index (χ2n) is 8.41. The smallest absolute Gasteiger partial charge is 0.326 e. The average molecular weight is 495 g/mol. The Kier molecular flexibility index (Phi) is 11.7. The highest BCUT2D eigenvalue weighted by Gasteiger charge is 2.31. The number of carbonyl (C=O) groups excluding carboxylic acids is 3. The van der Waals surface area contributed by atoms with Crippen molar-refractivity contribution in [2.24, 2.45) is 11.7 Å². The molecule has 3 amide bonds. The fourth-order valence-corrected chi connectivity index (χ4v) is 3.11.